The summed E-state index contributed by atoms with van der Waals surface area (Å²) in [5.74, 6) is -1.23. The Kier molecular flexibility index (Phi) is 2.37. The van der Waals surface area contributed by atoms with E-state index in [-0.39, 0.29) is 30.6 Å². The van der Waals surface area contributed by atoms with E-state index in [9.17, 15) is 14.4 Å². The van der Waals surface area contributed by atoms with Crippen molar-refractivity contribution in [1.29, 1.82) is 0 Å². The highest BCUT2D eigenvalue weighted by Crippen LogP contribution is 2.34. The van der Waals surface area contributed by atoms with Gasteiger partial charge in [-0.2, -0.15) is 0 Å². The molecule has 1 aliphatic carbocycles. The predicted molar refractivity (Wildman–Crippen MR) is 63.2 cm³/mol. The van der Waals surface area contributed by atoms with E-state index in [1.807, 2.05) is 30.3 Å². The van der Waals surface area contributed by atoms with Crippen molar-refractivity contribution in [3.8, 4) is 0 Å². The van der Waals surface area contributed by atoms with Crippen molar-refractivity contribution in [3.63, 3.8) is 0 Å². The van der Waals surface area contributed by atoms with Crippen LogP contribution < -0.4 is 0 Å². The molecule has 0 saturated carbocycles. The van der Waals surface area contributed by atoms with Crippen LogP contribution in [0.15, 0.2) is 42.0 Å². The summed E-state index contributed by atoms with van der Waals surface area (Å²) in [6.45, 7) is 0.278. The van der Waals surface area contributed by atoms with E-state index >= 15 is 0 Å². The van der Waals surface area contributed by atoms with Crippen LogP contribution in [-0.4, -0.2) is 22.5 Å². The maximum atomic E-state index is 12.1. The molecule has 0 bridgehead atoms. The van der Waals surface area contributed by atoms with Crippen LogP contribution in [0.1, 0.15) is 12.0 Å². The largest absolute Gasteiger partial charge is 0.295 e. The molecule has 1 aromatic carbocycles. The molecule has 1 aliphatic heterocycles. The number of allylic oxidation sites excluding steroid dienone is 1. The second-order valence-electron chi connectivity index (χ2n) is 4.54. The first-order valence-corrected chi connectivity index (χ1v) is 5.81. The first kappa shape index (κ1) is 10.9. The van der Waals surface area contributed by atoms with Crippen LogP contribution in [0.25, 0.3) is 0 Å². The third-order valence-electron chi connectivity index (χ3n) is 3.34. The number of benzene rings is 1. The van der Waals surface area contributed by atoms with Gasteiger partial charge in [-0.3, -0.25) is 19.3 Å². The van der Waals surface area contributed by atoms with E-state index in [0.29, 0.717) is 5.57 Å². The Morgan fingerprint density at radius 2 is 1.83 bits per heavy atom. The van der Waals surface area contributed by atoms with Crippen LogP contribution in [0.3, 0.4) is 0 Å². The Morgan fingerprint density at radius 1 is 1.11 bits per heavy atom. The minimum Gasteiger partial charge on any atom is -0.295 e. The molecule has 4 heteroatoms. The third kappa shape index (κ3) is 1.57. The highest BCUT2D eigenvalue weighted by molar-refractivity contribution is 6.21. The fourth-order valence-corrected chi connectivity index (χ4v) is 2.43. The van der Waals surface area contributed by atoms with Crippen molar-refractivity contribution >= 4 is 17.6 Å². The number of fused-ring (bicyclic) bond motifs is 1. The SMILES string of the molecule is O=C1C=C2C(=O)N(Cc3ccccc3)C(=O)[C@H]2C1. The Balaban J connectivity index is 1.87. The van der Waals surface area contributed by atoms with Crippen molar-refractivity contribution in [2.75, 3.05) is 0 Å². The van der Waals surface area contributed by atoms with Gasteiger partial charge in [0.15, 0.2) is 5.78 Å². The van der Waals surface area contributed by atoms with Gasteiger partial charge in [-0.05, 0) is 11.6 Å². The van der Waals surface area contributed by atoms with Gasteiger partial charge >= 0.3 is 0 Å². The van der Waals surface area contributed by atoms with Gasteiger partial charge in [0.25, 0.3) is 5.91 Å². The Labute approximate surface area is 104 Å². The lowest BCUT2D eigenvalue weighted by molar-refractivity contribution is -0.140. The second kappa shape index (κ2) is 3.91. The molecule has 0 unspecified atom stereocenters. The van der Waals surface area contributed by atoms with Crippen LogP contribution >= 0.6 is 0 Å². The fraction of sp³-hybridized carbons (Fsp3) is 0.214. The van der Waals surface area contributed by atoms with Crippen LogP contribution in [-0.2, 0) is 20.9 Å². The van der Waals surface area contributed by atoms with Gasteiger partial charge in [-0.25, -0.2) is 0 Å². The molecule has 4 nitrogen and oxygen atoms in total. The molecule has 0 spiro atoms. The number of rotatable bonds is 2. The van der Waals surface area contributed by atoms with Gasteiger partial charge in [0.05, 0.1) is 12.5 Å². The number of carbonyl (C=O) groups excluding carboxylic acids is 3. The number of amides is 2. The monoisotopic (exact) mass is 241 g/mol. The average molecular weight is 241 g/mol. The normalized spacial score (nSPS) is 22.4. The summed E-state index contributed by atoms with van der Waals surface area (Å²) in [6, 6.07) is 9.35. The third-order valence-corrected chi connectivity index (χ3v) is 3.34. The van der Waals surface area contributed by atoms with E-state index in [1.54, 1.807) is 0 Å². The zero-order valence-electron chi connectivity index (χ0n) is 9.63. The van der Waals surface area contributed by atoms with Crippen LogP contribution in [0.5, 0.6) is 0 Å². The molecule has 90 valence electrons. The molecule has 1 aromatic rings. The van der Waals surface area contributed by atoms with Gasteiger partial charge in [-0.15, -0.1) is 0 Å². The van der Waals surface area contributed by atoms with E-state index in [4.69, 9.17) is 0 Å². The first-order chi connectivity index (χ1) is 8.66. The summed E-state index contributed by atoms with van der Waals surface area (Å²) in [6.07, 6.45) is 1.46. The van der Waals surface area contributed by atoms with Crippen LogP contribution in [0.4, 0.5) is 0 Å². The molecule has 1 saturated heterocycles. The van der Waals surface area contributed by atoms with Crippen molar-refractivity contribution in [2.45, 2.75) is 13.0 Å². The van der Waals surface area contributed by atoms with E-state index < -0.39 is 5.92 Å². The van der Waals surface area contributed by atoms with E-state index in [1.165, 1.54) is 11.0 Å². The maximum Gasteiger partial charge on any atom is 0.257 e. The molecule has 3 rings (SSSR count). The molecule has 18 heavy (non-hydrogen) atoms. The summed E-state index contributed by atoms with van der Waals surface area (Å²) in [5, 5.41) is 0. The number of nitrogens with zero attached hydrogens (tertiary/aromatic N) is 1. The first-order valence-electron chi connectivity index (χ1n) is 5.81. The topological polar surface area (TPSA) is 54.5 Å². The number of hydrogen-bond donors (Lipinski definition) is 0. The smallest absolute Gasteiger partial charge is 0.257 e. The predicted octanol–water partition coefficient (Wildman–Crippen LogP) is 1.07. The van der Waals surface area contributed by atoms with Crippen LogP contribution in [0, 0.1) is 5.92 Å². The highest BCUT2D eigenvalue weighted by atomic mass is 16.2. The summed E-state index contributed by atoms with van der Waals surface area (Å²) in [7, 11) is 0. The standard InChI is InChI=1S/C14H11NO3/c16-10-6-11-12(7-10)14(18)15(13(11)17)8-9-4-2-1-3-5-9/h1-6,12H,7-8H2/t12-/m0/s1. The van der Waals surface area contributed by atoms with Gasteiger partial charge in [0.2, 0.25) is 5.91 Å². The molecule has 0 aromatic heterocycles. The van der Waals surface area contributed by atoms with Gasteiger partial charge in [0, 0.05) is 12.0 Å². The maximum absolute atomic E-state index is 12.1. The summed E-state index contributed by atoms with van der Waals surface area (Å²) >= 11 is 0. The van der Waals surface area contributed by atoms with Crippen molar-refractivity contribution in [3.05, 3.63) is 47.5 Å². The molecule has 1 atom stereocenters. The summed E-state index contributed by atoms with van der Waals surface area (Å²) in [5.41, 5.74) is 1.27. The minimum atomic E-state index is -0.534. The zero-order valence-corrected chi connectivity index (χ0v) is 9.63. The molecular weight excluding hydrogens is 230 g/mol. The number of imide groups is 1. The number of ketones is 1. The lowest BCUT2D eigenvalue weighted by Gasteiger charge is -2.14. The van der Waals surface area contributed by atoms with Crippen LogP contribution in [0.2, 0.25) is 0 Å². The summed E-state index contributed by atoms with van der Waals surface area (Å²) < 4.78 is 0. The molecular formula is C14H11NO3. The van der Waals surface area contributed by atoms with Crippen molar-refractivity contribution in [1.82, 2.24) is 4.90 Å². The molecule has 0 N–H and O–H groups in total. The second-order valence-corrected chi connectivity index (χ2v) is 4.54. The molecule has 1 fully saturated rings. The summed E-state index contributed by atoms with van der Waals surface area (Å²) in [4.78, 5) is 36.5. The fourth-order valence-electron chi connectivity index (χ4n) is 2.43. The Morgan fingerprint density at radius 3 is 2.50 bits per heavy atom. The molecule has 2 amide bonds. The molecule has 2 aliphatic rings. The number of likely N-dealkylation sites (tertiary alicyclic amines) is 1. The van der Waals surface area contributed by atoms with Crippen molar-refractivity contribution in [2.24, 2.45) is 5.92 Å². The van der Waals surface area contributed by atoms with Crippen molar-refractivity contribution < 1.29 is 14.4 Å². The van der Waals surface area contributed by atoms with Gasteiger partial charge in [-0.1, -0.05) is 30.3 Å². The lowest BCUT2D eigenvalue weighted by atomic mass is 10.1. The molecule has 0 radical (unpaired) electrons. The zero-order chi connectivity index (χ0) is 12.7. The lowest BCUT2D eigenvalue weighted by Crippen LogP contribution is -2.30. The van der Waals surface area contributed by atoms with Gasteiger partial charge < -0.3 is 0 Å². The quantitative estimate of drug-likeness (QED) is 0.728. The average Bonchev–Trinajstić information content (AvgIpc) is 2.85. The number of hydrogen-bond acceptors (Lipinski definition) is 3. The highest BCUT2D eigenvalue weighted by Gasteiger charge is 2.46. The van der Waals surface area contributed by atoms with E-state index in [0.717, 1.165) is 5.56 Å². The molecule has 1 heterocycles. The van der Waals surface area contributed by atoms with Gasteiger partial charge in [0.1, 0.15) is 0 Å². The minimum absolute atomic E-state index is 0.129. The van der Waals surface area contributed by atoms with E-state index in [2.05, 4.69) is 0 Å². The Hall–Kier alpha value is -2.23. The number of carbonyl (C=O) groups is 3. The Bertz CT molecular complexity index is 574.